The lowest BCUT2D eigenvalue weighted by Crippen LogP contribution is -2.00. The molecule has 1 aromatic carbocycles. The summed E-state index contributed by atoms with van der Waals surface area (Å²) in [7, 11) is 1.60. The molecule has 0 bridgehead atoms. The van der Waals surface area contributed by atoms with Gasteiger partial charge in [0.2, 0.25) is 0 Å². The van der Waals surface area contributed by atoms with E-state index in [1.54, 1.807) is 19.2 Å². The van der Waals surface area contributed by atoms with Crippen LogP contribution in [0.1, 0.15) is 0 Å². The van der Waals surface area contributed by atoms with E-state index >= 15 is 0 Å². The number of hydrogen-bond acceptors (Lipinski definition) is 3. The quantitative estimate of drug-likeness (QED) is 0.357. The first-order valence-corrected chi connectivity index (χ1v) is 5.04. The fraction of sp³-hybridized carbons (Fsp3) is 0.333. The van der Waals surface area contributed by atoms with Crippen LogP contribution in [0.15, 0.2) is 27.8 Å². The van der Waals surface area contributed by atoms with Crippen molar-refractivity contribution in [1.29, 1.82) is 0 Å². The van der Waals surface area contributed by atoms with Crippen molar-refractivity contribution in [3.05, 3.63) is 33.1 Å². The third kappa shape index (κ3) is 3.69. The molecule has 15 heavy (non-hydrogen) atoms. The van der Waals surface area contributed by atoms with Crippen LogP contribution in [0.2, 0.25) is 0 Å². The Labute approximate surface area is 95.8 Å². The monoisotopic (exact) mass is 271 g/mol. The Bertz CT molecular complexity index is 378. The Kier molecular flexibility index (Phi) is 4.80. The molecular weight excluding hydrogens is 262 g/mol. The molecule has 0 amide bonds. The molecule has 0 spiro atoms. The molecule has 0 heterocycles. The van der Waals surface area contributed by atoms with Crippen LogP contribution in [0.4, 0.5) is 0 Å². The molecular formula is C9H10BrN3O2. The van der Waals surface area contributed by atoms with E-state index in [0.717, 1.165) is 10.2 Å². The molecule has 5 nitrogen and oxygen atoms in total. The van der Waals surface area contributed by atoms with Crippen LogP contribution in [0.5, 0.6) is 11.5 Å². The summed E-state index contributed by atoms with van der Waals surface area (Å²) < 4.78 is 11.2. The largest absolute Gasteiger partial charge is 0.497 e. The van der Waals surface area contributed by atoms with Gasteiger partial charge in [-0.25, -0.2) is 0 Å². The summed E-state index contributed by atoms with van der Waals surface area (Å²) in [6.45, 7) is 0.671. The van der Waals surface area contributed by atoms with Gasteiger partial charge in [0.15, 0.2) is 0 Å². The number of hydrogen-bond donors (Lipinski definition) is 0. The highest BCUT2D eigenvalue weighted by molar-refractivity contribution is 9.10. The molecule has 0 fully saturated rings. The Morgan fingerprint density at radius 2 is 2.33 bits per heavy atom. The molecule has 80 valence electrons. The standard InChI is InChI=1S/C9H10BrN3O2/c1-14-7-2-3-9(8(10)6-7)15-5-4-12-13-11/h2-3,6H,4-5H2,1H3. The van der Waals surface area contributed by atoms with E-state index in [-0.39, 0.29) is 0 Å². The van der Waals surface area contributed by atoms with Crippen LogP contribution < -0.4 is 9.47 Å². The number of nitrogens with zero attached hydrogens (tertiary/aromatic N) is 3. The van der Waals surface area contributed by atoms with E-state index in [1.807, 2.05) is 6.07 Å². The predicted molar refractivity (Wildman–Crippen MR) is 60.2 cm³/mol. The van der Waals surface area contributed by atoms with Crippen LogP contribution in [-0.4, -0.2) is 20.3 Å². The van der Waals surface area contributed by atoms with Crippen molar-refractivity contribution in [1.82, 2.24) is 0 Å². The molecule has 0 aliphatic rings. The van der Waals surface area contributed by atoms with Gasteiger partial charge in [0.1, 0.15) is 11.5 Å². The molecule has 1 rings (SSSR count). The van der Waals surface area contributed by atoms with Crippen molar-refractivity contribution in [2.24, 2.45) is 5.11 Å². The summed E-state index contributed by atoms with van der Waals surface area (Å²) in [4.78, 5) is 2.63. The first-order valence-electron chi connectivity index (χ1n) is 4.25. The second kappa shape index (κ2) is 6.16. The van der Waals surface area contributed by atoms with Crippen molar-refractivity contribution >= 4 is 15.9 Å². The van der Waals surface area contributed by atoms with Crippen molar-refractivity contribution in [2.45, 2.75) is 0 Å². The van der Waals surface area contributed by atoms with Gasteiger partial charge in [0.25, 0.3) is 0 Å². The normalized spacial score (nSPS) is 9.20. The maximum absolute atomic E-state index is 8.06. The number of methoxy groups -OCH3 is 1. The molecule has 0 aliphatic heterocycles. The van der Waals surface area contributed by atoms with Crippen LogP contribution >= 0.6 is 15.9 Å². The number of benzene rings is 1. The summed E-state index contributed by atoms with van der Waals surface area (Å²) >= 11 is 3.35. The average molecular weight is 272 g/mol. The molecule has 0 aliphatic carbocycles. The first kappa shape index (κ1) is 11.7. The van der Waals surface area contributed by atoms with Crippen LogP contribution in [0.3, 0.4) is 0 Å². The van der Waals surface area contributed by atoms with Crippen LogP contribution in [0, 0.1) is 0 Å². The highest BCUT2D eigenvalue weighted by Crippen LogP contribution is 2.28. The van der Waals surface area contributed by atoms with Gasteiger partial charge in [-0.05, 0) is 39.7 Å². The fourth-order valence-corrected chi connectivity index (χ4v) is 1.44. The molecule has 6 heteroatoms. The van der Waals surface area contributed by atoms with Gasteiger partial charge in [0, 0.05) is 4.91 Å². The Hall–Kier alpha value is -1.39. The minimum atomic E-state index is 0.314. The van der Waals surface area contributed by atoms with E-state index in [0.29, 0.717) is 18.9 Å². The molecule has 1 aromatic rings. The number of rotatable bonds is 5. The first-order chi connectivity index (χ1) is 7.27. The molecule has 0 saturated carbocycles. The number of azide groups is 1. The van der Waals surface area contributed by atoms with E-state index in [1.165, 1.54) is 0 Å². The summed E-state index contributed by atoms with van der Waals surface area (Å²) in [5, 5.41) is 3.37. The van der Waals surface area contributed by atoms with E-state index in [4.69, 9.17) is 15.0 Å². The lowest BCUT2D eigenvalue weighted by atomic mass is 10.3. The summed E-state index contributed by atoms with van der Waals surface area (Å²) in [6.07, 6.45) is 0. The molecule has 0 radical (unpaired) electrons. The third-order valence-electron chi connectivity index (χ3n) is 1.65. The minimum absolute atomic E-state index is 0.314. The predicted octanol–water partition coefficient (Wildman–Crippen LogP) is 3.15. The zero-order valence-electron chi connectivity index (χ0n) is 8.18. The van der Waals surface area contributed by atoms with E-state index < -0.39 is 0 Å². The number of ether oxygens (including phenoxy) is 2. The zero-order chi connectivity index (χ0) is 11.1. The van der Waals surface area contributed by atoms with Gasteiger partial charge in [-0.15, -0.1) is 0 Å². The summed E-state index contributed by atoms with van der Waals surface area (Å²) in [5.41, 5.74) is 8.06. The van der Waals surface area contributed by atoms with Crippen molar-refractivity contribution < 1.29 is 9.47 Å². The topological polar surface area (TPSA) is 67.2 Å². The second-order valence-corrected chi connectivity index (χ2v) is 3.45. The highest BCUT2D eigenvalue weighted by atomic mass is 79.9. The van der Waals surface area contributed by atoms with Crippen molar-refractivity contribution in [2.75, 3.05) is 20.3 Å². The van der Waals surface area contributed by atoms with Crippen LogP contribution in [-0.2, 0) is 0 Å². The zero-order valence-corrected chi connectivity index (χ0v) is 9.77. The van der Waals surface area contributed by atoms with Gasteiger partial charge in [-0.1, -0.05) is 5.11 Å². The maximum atomic E-state index is 8.06. The molecule has 0 aromatic heterocycles. The minimum Gasteiger partial charge on any atom is -0.497 e. The van der Waals surface area contributed by atoms with E-state index in [9.17, 15) is 0 Å². The van der Waals surface area contributed by atoms with Gasteiger partial charge >= 0.3 is 0 Å². The molecule has 0 atom stereocenters. The van der Waals surface area contributed by atoms with Gasteiger partial charge < -0.3 is 9.47 Å². The Morgan fingerprint density at radius 3 is 2.93 bits per heavy atom. The van der Waals surface area contributed by atoms with Gasteiger partial charge in [-0.3, -0.25) is 0 Å². The maximum Gasteiger partial charge on any atom is 0.133 e. The third-order valence-corrected chi connectivity index (χ3v) is 2.27. The van der Waals surface area contributed by atoms with Crippen LogP contribution in [0.25, 0.3) is 10.4 Å². The van der Waals surface area contributed by atoms with Crippen molar-refractivity contribution in [3.63, 3.8) is 0 Å². The number of halogens is 1. The summed E-state index contributed by atoms with van der Waals surface area (Å²) in [6, 6.07) is 5.40. The average Bonchev–Trinajstić information content (AvgIpc) is 2.26. The highest BCUT2D eigenvalue weighted by Gasteiger charge is 2.01. The van der Waals surface area contributed by atoms with E-state index in [2.05, 4.69) is 26.0 Å². The lowest BCUT2D eigenvalue weighted by Gasteiger charge is -2.07. The Balaban J connectivity index is 2.57. The SMILES string of the molecule is COc1ccc(OCCN=[N+]=[N-])c(Br)c1. The lowest BCUT2D eigenvalue weighted by molar-refractivity contribution is 0.325. The molecule has 0 saturated heterocycles. The van der Waals surface area contributed by atoms with Gasteiger partial charge in [-0.2, -0.15) is 0 Å². The molecule has 0 unspecified atom stereocenters. The second-order valence-electron chi connectivity index (χ2n) is 2.60. The molecule has 0 N–H and O–H groups in total. The Morgan fingerprint density at radius 1 is 1.53 bits per heavy atom. The van der Waals surface area contributed by atoms with Crippen molar-refractivity contribution in [3.8, 4) is 11.5 Å². The summed E-state index contributed by atoms with van der Waals surface area (Å²) in [5.74, 6) is 1.45. The smallest absolute Gasteiger partial charge is 0.133 e. The van der Waals surface area contributed by atoms with Gasteiger partial charge in [0.05, 0.1) is 24.7 Å². The fourth-order valence-electron chi connectivity index (χ4n) is 0.967.